The van der Waals surface area contributed by atoms with Gasteiger partial charge in [0.15, 0.2) is 0 Å². The molecule has 0 heterocycles. The smallest absolute Gasteiger partial charge is 0.293 e. The highest BCUT2D eigenvalue weighted by atomic mass is 35.5. The van der Waals surface area contributed by atoms with Crippen LogP contribution in [0.2, 0.25) is 5.02 Å². The zero-order valence-corrected chi connectivity index (χ0v) is 10.5. The first kappa shape index (κ1) is 13.1. The average Bonchev–Trinajstić information content (AvgIpc) is 2.25. The van der Waals surface area contributed by atoms with Crippen LogP contribution in [0.4, 0.5) is 11.4 Å². The minimum Gasteiger partial charge on any atom is -0.378 e. The topological polar surface area (TPSA) is 55.2 Å². The van der Waals surface area contributed by atoms with Crippen LogP contribution in [0.25, 0.3) is 0 Å². The van der Waals surface area contributed by atoms with E-state index in [0.717, 1.165) is 12.2 Å². The molecule has 0 aliphatic rings. The molecule has 0 saturated carbocycles. The number of para-hydroxylation sites is 1. The summed E-state index contributed by atoms with van der Waals surface area (Å²) in [4.78, 5) is 10.3. The molecule has 0 aliphatic heterocycles. The highest BCUT2D eigenvalue weighted by Crippen LogP contribution is 2.31. The Balaban J connectivity index is 2.73. The van der Waals surface area contributed by atoms with E-state index in [4.69, 9.17) is 11.6 Å². The van der Waals surface area contributed by atoms with Crippen molar-refractivity contribution in [2.45, 2.75) is 6.42 Å². The van der Waals surface area contributed by atoms with Gasteiger partial charge in [0.05, 0.1) is 9.95 Å². The number of nitro groups is 1. The second-order valence-corrected chi connectivity index (χ2v) is 4.56. The Morgan fingerprint density at radius 2 is 2.31 bits per heavy atom. The predicted octanol–water partition coefficient (Wildman–Crippen LogP) is 3.41. The number of nitrogens with zero attached hydrogens (tertiary/aromatic N) is 1. The maximum atomic E-state index is 10.8. The number of benzene rings is 1. The van der Waals surface area contributed by atoms with Crippen LogP contribution in [0, 0.1) is 10.1 Å². The van der Waals surface area contributed by atoms with Gasteiger partial charge in [0.2, 0.25) is 0 Å². The second-order valence-electron chi connectivity index (χ2n) is 3.16. The number of hydrogen-bond acceptors (Lipinski definition) is 4. The Morgan fingerprint density at radius 1 is 1.56 bits per heavy atom. The molecule has 1 N–H and O–H groups in total. The SMILES string of the molecule is CSCCCNc1c(Cl)cccc1[N+](=O)[O-]. The van der Waals surface area contributed by atoms with Gasteiger partial charge in [-0.3, -0.25) is 10.1 Å². The molecule has 0 aromatic heterocycles. The zero-order valence-electron chi connectivity index (χ0n) is 8.90. The first-order valence-corrected chi connectivity index (χ1v) is 6.59. The fraction of sp³-hybridized carbons (Fsp3) is 0.400. The van der Waals surface area contributed by atoms with Crippen LogP contribution in [-0.4, -0.2) is 23.5 Å². The van der Waals surface area contributed by atoms with Gasteiger partial charge in [-0.15, -0.1) is 0 Å². The van der Waals surface area contributed by atoms with E-state index in [2.05, 4.69) is 5.32 Å². The van der Waals surface area contributed by atoms with Crippen LogP contribution in [0.5, 0.6) is 0 Å². The number of nitro benzene ring substituents is 1. The molecule has 4 nitrogen and oxygen atoms in total. The number of rotatable bonds is 6. The van der Waals surface area contributed by atoms with E-state index in [0.29, 0.717) is 17.3 Å². The van der Waals surface area contributed by atoms with Crippen molar-refractivity contribution in [2.75, 3.05) is 23.9 Å². The molecule has 16 heavy (non-hydrogen) atoms. The summed E-state index contributed by atoms with van der Waals surface area (Å²) in [7, 11) is 0. The minimum atomic E-state index is -0.428. The molecule has 0 aliphatic carbocycles. The van der Waals surface area contributed by atoms with Gasteiger partial charge in [-0.2, -0.15) is 11.8 Å². The molecule has 0 unspecified atom stereocenters. The zero-order chi connectivity index (χ0) is 12.0. The Hall–Kier alpha value is -0.940. The van der Waals surface area contributed by atoms with Crippen molar-refractivity contribution in [1.29, 1.82) is 0 Å². The lowest BCUT2D eigenvalue weighted by Crippen LogP contribution is -2.05. The van der Waals surface area contributed by atoms with Crippen LogP contribution in [0.3, 0.4) is 0 Å². The highest BCUT2D eigenvalue weighted by Gasteiger charge is 2.15. The van der Waals surface area contributed by atoms with Gasteiger partial charge in [0, 0.05) is 12.6 Å². The highest BCUT2D eigenvalue weighted by molar-refractivity contribution is 7.98. The van der Waals surface area contributed by atoms with Crippen molar-refractivity contribution in [2.24, 2.45) is 0 Å². The fourth-order valence-electron chi connectivity index (χ4n) is 1.27. The molecular weight excluding hydrogens is 248 g/mol. The summed E-state index contributed by atoms with van der Waals surface area (Å²) in [5, 5.41) is 14.2. The van der Waals surface area contributed by atoms with E-state index in [-0.39, 0.29) is 5.69 Å². The van der Waals surface area contributed by atoms with E-state index in [1.54, 1.807) is 23.9 Å². The van der Waals surface area contributed by atoms with Crippen molar-refractivity contribution < 1.29 is 4.92 Å². The molecule has 1 rings (SSSR count). The average molecular weight is 261 g/mol. The van der Waals surface area contributed by atoms with Crippen LogP contribution in [0.15, 0.2) is 18.2 Å². The summed E-state index contributed by atoms with van der Waals surface area (Å²) in [6.45, 7) is 0.686. The van der Waals surface area contributed by atoms with Crippen molar-refractivity contribution in [3.63, 3.8) is 0 Å². The van der Waals surface area contributed by atoms with Crippen LogP contribution >= 0.6 is 23.4 Å². The van der Waals surface area contributed by atoms with Gasteiger partial charge >= 0.3 is 0 Å². The Morgan fingerprint density at radius 3 is 2.94 bits per heavy atom. The van der Waals surface area contributed by atoms with E-state index < -0.39 is 4.92 Å². The van der Waals surface area contributed by atoms with Crippen molar-refractivity contribution in [1.82, 2.24) is 0 Å². The summed E-state index contributed by atoms with van der Waals surface area (Å²) in [5.74, 6) is 1.02. The van der Waals surface area contributed by atoms with E-state index in [9.17, 15) is 10.1 Å². The molecule has 0 spiro atoms. The molecule has 0 atom stereocenters. The van der Waals surface area contributed by atoms with Crippen LogP contribution in [-0.2, 0) is 0 Å². The molecule has 1 aromatic rings. The van der Waals surface area contributed by atoms with Gasteiger partial charge in [0.1, 0.15) is 5.69 Å². The number of thioether (sulfide) groups is 1. The predicted molar refractivity (Wildman–Crippen MR) is 69.6 cm³/mol. The number of anilines is 1. The summed E-state index contributed by atoms with van der Waals surface area (Å²) in [6, 6.07) is 4.67. The Kier molecular flexibility index (Phi) is 5.42. The number of nitrogens with one attached hydrogen (secondary N) is 1. The van der Waals surface area contributed by atoms with Gasteiger partial charge in [-0.25, -0.2) is 0 Å². The third-order valence-corrected chi connectivity index (χ3v) is 3.03. The maximum absolute atomic E-state index is 10.8. The molecule has 6 heteroatoms. The fourth-order valence-corrected chi connectivity index (χ4v) is 1.94. The lowest BCUT2D eigenvalue weighted by Gasteiger charge is -2.08. The molecule has 88 valence electrons. The summed E-state index contributed by atoms with van der Waals surface area (Å²) < 4.78 is 0. The van der Waals surface area contributed by atoms with Crippen LogP contribution in [0.1, 0.15) is 6.42 Å². The van der Waals surface area contributed by atoms with E-state index in [1.165, 1.54) is 6.07 Å². The van der Waals surface area contributed by atoms with Crippen molar-refractivity contribution >= 4 is 34.7 Å². The molecule has 0 saturated heterocycles. The summed E-state index contributed by atoms with van der Waals surface area (Å²) in [6.07, 6.45) is 2.97. The van der Waals surface area contributed by atoms with E-state index >= 15 is 0 Å². The summed E-state index contributed by atoms with van der Waals surface area (Å²) >= 11 is 7.66. The molecule has 0 fully saturated rings. The van der Waals surface area contributed by atoms with Gasteiger partial charge in [0.25, 0.3) is 5.69 Å². The lowest BCUT2D eigenvalue weighted by atomic mass is 10.2. The Labute approximate surface area is 104 Å². The molecule has 0 bridgehead atoms. The second kappa shape index (κ2) is 6.60. The Bertz CT molecular complexity index is 374. The third kappa shape index (κ3) is 3.57. The third-order valence-electron chi connectivity index (χ3n) is 2.02. The van der Waals surface area contributed by atoms with Crippen molar-refractivity contribution in [3.8, 4) is 0 Å². The number of hydrogen-bond donors (Lipinski definition) is 1. The van der Waals surface area contributed by atoms with Crippen molar-refractivity contribution in [3.05, 3.63) is 33.3 Å². The van der Waals surface area contributed by atoms with E-state index in [1.807, 2.05) is 6.26 Å². The monoisotopic (exact) mass is 260 g/mol. The van der Waals surface area contributed by atoms with Gasteiger partial charge < -0.3 is 5.32 Å². The van der Waals surface area contributed by atoms with Crippen LogP contribution < -0.4 is 5.32 Å². The molecule has 0 amide bonds. The normalized spacial score (nSPS) is 10.1. The largest absolute Gasteiger partial charge is 0.378 e. The van der Waals surface area contributed by atoms with Gasteiger partial charge in [-0.1, -0.05) is 17.7 Å². The summed E-state index contributed by atoms with van der Waals surface area (Å²) in [5.41, 5.74) is 0.437. The first-order chi connectivity index (χ1) is 7.66. The first-order valence-electron chi connectivity index (χ1n) is 4.82. The quantitative estimate of drug-likeness (QED) is 0.484. The number of halogens is 1. The minimum absolute atomic E-state index is 0.0247. The standard InChI is InChI=1S/C10H13ClN2O2S/c1-16-7-3-6-12-10-8(11)4-2-5-9(10)13(14)15/h2,4-5,12H,3,6-7H2,1H3. The molecular formula is C10H13ClN2O2S. The molecule has 0 radical (unpaired) electrons. The molecule has 1 aromatic carbocycles. The maximum Gasteiger partial charge on any atom is 0.293 e. The lowest BCUT2D eigenvalue weighted by molar-refractivity contribution is -0.383. The van der Waals surface area contributed by atoms with Gasteiger partial charge in [-0.05, 0) is 24.5 Å².